The highest BCUT2D eigenvalue weighted by atomic mass is 16.2. The first-order valence-electron chi connectivity index (χ1n) is 5.14. The van der Waals surface area contributed by atoms with E-state index in [9.17, 15) is 4.79 Å². The van der Waals surface area contributed by atoms with Crippen molar-refractivity contribution >= 4 is 5.91 Å². The molecule has 0 aromatic rings. The van der Waals surface area contributed by atoms with Gasteiger partial charge in [0.2, 0.25) is 5.91 Å². The van der Waals surface area contributed by atoms with Crippen LogP contribution in [0.5, 0.6) is 0 Å². The van der Waals surface area contributed by atoms with Crippen LogP contribution in [0.3, 0.4) is 0 Å². The second-order valence-corrected chi connectivity index (χ2v) is 4.20. The quantitative estimate of drug-likeness (QED) is 0.692. The maximum Gasteiger partial charge on any atom is 0.236 e. The SMILES string of the molecule is CC(C)CCN(C(=O)CN)C1CC1. The van der Waals surface area contributed by atoms with Crippen LogP contribution in [0, 0.1) is 5.92 Å². The van der Waals surface area contributed by atoms with Crippen molar-refractivity contribution < 1.29 is 4.79 Å². The lowest BCUT2D eigenvalue weighted by atomic mass is 10.1. The van der Waals surface area contributed by atoms with Gasteiger partial charge in [-0.25, -0.2) is 0 Å². The van der Waals surface area contributed by atoms with Gasteiger partial charge in [-0.1, -0.05) is 13.8 Å². The standard InChI is InChI=1S/C10H20N2O/c1-8(2)5-6-12(9-3-4-9)10(13)7-11/h8-9H,3-7,11H2,1-2H3. The number of carbonyl (C=O) groups is 1. The van der Waals surface area contributed by atoms with Crippen LogP contribution in [-0.4, -0.2) is 29.9 Å². The molecule has 3 heteroatoms. The van der Waals surface area contributed by atoms with E-state index in [2.05, 4.69) is 13.8 Å². The number of nitrogens with two attached hydrogens (primary N) is 1. The largest absolute Gasteiger partial charge is 0.339 e. The summed E-state index contributed by atoms with van der Waals surface area (Å²) in [6.07, 6.45) is 3.43. The Morgan fingerprint density at radius 1 is 1.54 bits per heavy atom. The molecule has 76 valence electrons. The van der Waals surface area contributed by atoms with Gasteiger partial charge < -0.3 is 10.6 Å². The van der Waals surface area contributed by atoms with Gasteiger partial charge in [-0.2, -0.15) is 0 Å². The molecule has 1 fully saturated rings. The summed E-state index contributed by atoms with van der Waals surface area (Å²) >= 11 is 0. The molecule has 0 aliphatic heterocycles. The molecule has 0 aromatic heterocycles. The molecule has 1 aliphatic carbocycles. The van der Waals surface area contributed by atoms with Crippen molar-refractivity contribution in [2.45, 2.75) is 39.2 Å². The van der Waals surface area contributed by atoms with Gasteiger partial charge in [0.05, 0.1) is 6.54 Å². The zero-order valence-electron chi connectivity index (χ0n) is 8.62. The summed E-state index contributed by atoms with van der Waals surface area (Å²) in [6.45, 7) is 5.41. The van der Waals surface area contributed by atoms with Gasteiger partial charge in [0.1, 0.15) is 0 Å². The smallest absolute Gasteiger partial charge is 0.236 e. The summed E-state index contributed by atoms with van der Waals surface area (Å²) in [5, 5.41) is 0. The van der Waals surface area contributed by atoms with E-state index in [0.717, 1.165) is 13.0 Å². The molecule has 1 rings (SSSR count). The molecule has 0 unspecified atom stereocenters. The second kappa shape index (κ2) is 4.61. The molecule has 1 saturated carbocycles. The second-order valence-electron chi connectivity index (χ2n) is 4.20. The molecular weight excluding hydrogens is 164 g/mol. The van der Waals surface area contributed by atoms with E-state index in [1.54, 1.807) is 0 Å². The Morgan fingerprint density at radius 3 is 2.54 bits per heavy atom. The van der Waals surface area contributed by atoms with Gasteiger partial charge in [-0.15, -0.1) is 0 Å². The summed E-state index contributed by atoms with van der Waals surface area (Å²) in [5.74, 6) is 0.773. The molecule has 0 saturated heterocycles. The third-order valence-electron chi connectivity index (χ3n) is 2.43. The van der Waals surface area contributed by atoms with Crippen molar-refractivity contribution in [3.8, 4) is 0 Å². The van der Waals surface area contributed by atoms with Crippen molar-refractivity contribution in [3.05, 3.63) is 0 Å². The normalized spacial score (nSPS) is 16.3. The monoisotopic (exact) mass is 184 g/mol. The number of hydrogen-bond acceptors (Lipinski definition) is 2. The molecule has 1 amide bonds. The molecule has 0 heterocycles. The molecule has 2 N–H and O–H groups in total. The Bertz CT molecular complexity index is 176. The molecule has 0 spiro atoms. The number of nitrogens with zero attached hydrogens (tertiary/aromatic N) is 1. The van der Waals surface area contributed by atoms with Crippen LogP contribution < -0.4 is 5.73 Å². The fourth-order valence-electron chi connectivity index (χ4n) is 1.41. The summed E-state index contributed by atoms with van der Waals surface area (Å²) in [5.41, 5.74) is 5.35. The molecule has 0 bridgehead atoms. The lowest BCUT2D eigenvalue weighted by Crippen LogP contribution is -2.38. The van der Waals surface area contributed by atoms with Crippen molar-refractivity contribution in [3.63, 3.8) is 0 Å². The predicted octanol–water partition coefficient (Wildman–Crippen LogP) is 0.982. The van der Waals surface area contributed by atoms with E-state index < -0.39 is 0 Å². The zero-order chi connectivity index (χ0) is 9.84. The molecule has 13 heavy (non-hydrogen) atoms. The third kappa shape index (κ3) is 3.35. The molecule has 3 nitrogen and oxygen atoms in total. The summed E-state index contributed by atoms with van der Waals surface area (Å²) < 4.78 is 0. The highest BCUT2D eigenvalue weighted by Crippen LogP contribution is 2.27. The number of carbonyl (C=O) groups excluding carboxylic acids is 1. The van der Waals surface area contributed by atoms with Gasteiger partial charge in [0, 0.05) is 12.6 Å². The lowest BCUT2D eigenvalue weighted by Gasteiger charge is -2.22. The third-order valence-corrected chi connectivity index (χ3v) is 2.43. The average molecular weight is 184 g/mol. The van der Waals surface area contributed by atoms with Crippen LogP contribution in [0.4, 0.5) is 0 Å². The molecular formula is C10H20N2O. The summed E-state index contributed by atoms with van der Waals surface area (Å²) in [7, 11) is 0. The van der Waals surface area contributed by atoms with Crippen LogP contribution in [0.15, 0.2) is 0 Å². The highest BCUT2D eigenvalue weighted by Gasteiger charge is 2.31. The minimum Gasteiger partial charge on any atom is -0.339 e. The summed E-state index contributed by atoms with van der Waals surface area (Å²) in [4.78, 5) is 13.4. The maximum atomic E-state index is 11.4. The lowest BCUT2D eigenvalue weighted by molar-refractivity contribution is -0.130. The Balaban J connectivity index is 2.33. The Kier molecular flexibility index (Phi) is 3.72. The Morgan fingerprint density at radius 2 is 2.15 bits per heavy atom. The topological polar surface area (TPSA) is 46.3 Å². The first-order valence-corrected chi connectivity index (χ1v) is 5.14. The predicted molar refractivity (Wildman–Crippen MR) is 53.2 cm³/mol. The molecule has 0 atom stereocenters. The van der Waals surface area contributed by atoms with Gasteiger partial charge in [-0.3, -0.25) is 4.79 Å². The molecule has 0 aromatic carbocycles. The Labute approximate surface area is 80.3 Å². The van der Waals surface area contributed by atoms with E-state index in [4.69, 9.17) is 5.73 Å². The number of rotatable bonds is 5. The van der Waals surface area contributed by atoms with Crippen molar-refractivity contribution in [1.29, 1.82) is 0 Å². The average Bonchev–Trinajstić information content (AvgIpc) is 2.87. The van der Waals surface area contributed by atoms with Crippen molar-refractivity contribution in [1.82, 2.24) is 4.90 Å². The minimum absolute atomic E-state index is 0.114. The summed E-state index contributed by atoms with van der Waals surface area (Å²) in [6, 6.07) is 0.509. The van der Waals surface area contributed by atoms with Crippen molar-refractivity contribution in [2.24, 2.45) is 11.7 Å². The maximum absolute atomic E-state index is 11.4. The number of hydrogen-bond donors (Lipinski definition) is 1. The van der Waals surface area contributed by atoms with E-state index in [0.29, 0.717) is 12.0 Å². The zero-order valence-corrected chi connectivity index (χ0v) is 8.62. The first-order chi connectivity index (χ1) is 6.15. The van der Waals surface area contributed by atoms with Gasteiger partial charge in [0.25, 0.3) is 0 Å². The van der Waals surface area contributed by atoms with E-state index in [1.807, 2.05) is 4.90 Å². The molecule has 0 radical (unpaired) electrons. The van der Waals surface area contributed by atoms with Gasteiger partial charge >= 0.3 is 0 Å². The fourth-order valence-corrected chi connectivity index (χ4v) is 1.41. The van der Waals surface area contributed by atoms with E-state index >= 15 is 0 Å². The van der Waals surface area contributed by atoms with Gasteiger partial charge in [-0.05, 0) is 25.2 Å². The van der Waals surface area contributed by atoms with Crippen LogP contribution in [0.2, 0.25) is 0 Å². The van der Waals surface area contributed by atoms with Crippen molar-refractivity contribution in [2.75, 3.05) is 13.1 Å². The van der Waals surface area contributed by atoms with Crippen LogP contribution in [0.1, 0.15) is 33.1 Å². The van der Waals surface area contributed by atoms with Crippen LogP contribution >= 0.6 is 0 Å². The highest BCUT2D eigenvalue weighted by molar-refractivity contribution is 5.78. The van der Waals surface area contributed by atoms with E-state index in [1.165, 1.54) is 12.8 Å². The fraction of sp³-hybridized carbons (Fsp3) is 0.900. The van der Waals surface area contributed by atoms with E-state index in [-0.39, 0.29) is 12.5 Å². The van der Waals surface area contributed by atoms with Gasteiger partial charge in [0.15, 0.2) is 0 Å². The minimum atomic E-state index is 0.114. The van der Waals surface area contributed by atoms with Crippen LogP contribution in [0.25, 0.3) is 0 Å². The first kappa shape index (κ1) is 10.5. The molecule has 1 aliphatic rings. The number of amides is 1. The Hall–Kier alpha value is -0.570. The van der Waals surface area contributed by atoms with Crippen LogP contribution in [-0.2, 0) is 4.79 Å².